The molecular weight excluding hydrogens is 442 g/mol. The van der Waals surface area contributed by atoms with Gasteiger partial charge in [0.1, 0.15) is 0 Å². The summed E-state index contributed by atoms with van der Waals surface area (Å²) in [6.45, 7) is 3.29. The zero-order valence-electron chi connectivity index (χ0n) is 18.9. The number of carbonyl (C=O) groups is 2. The highest BCUT2D eigenvalue weighted by atomic mass is 32.1. The highest BCUT2D eigenvalue weighted by Crippen LogP contribution is 2.50. The number of aryl methyl sites for hydroxylation is 1. The first-order chi connectivity index (χ1) is 16.6. The topological polar surface area (TPSA) is 62.3 Å². The van der Waals surface area contributed by atoms with Gasteiger partial charge >= 0.3 is 0 Å². The summed E-state index contributed by atoms with van der Waals surface area (Å²) in [5.41, 5.74) is 4.28. The fraction of sp³-hybridized carbons (Fsp3) is 0.250. The van der Waals surface area contributed by atoms with Crippen molar-refractivity contribution >= 4 is 34.1 Å². The zero-order chi connectivity index (χ0) is 23.2. The second kappa shape index (κ2) is 8.37. The quantitative estimate of drug-likeness (QED) is 0.441. The third-order valence-electron chi connectivity index (χ3n) is 7.09. The van der Waals surface area contributed by atoms with E-state index in [2.05, 4.69) is 35.4 Å². The van der Waals surface area contributed by atoms with Crippen molar-refractivity contribution in [3.05, 3.63) is 88.9 Å². The number of carbonyl (C=O) groups excluding carboxylic acids is 2. The Labute approximate surface area is 202 Å². The number of benzene rings is 2. The number of nitrogens with one attached hydrogen (secondary N) is 1. The molecule has 2 aromatic carbocycles. The first-order valence-electron chi connectivity index (χ1n) is 11.7. The number of hydrogen-bond donors (Lipinski definition) is 1. The number of pyridine rings is 1. The van der Waals surface area contributed by atoms with Gasteiger partial charge in [0.05, 0.1) is 22.7 Å². The van der Waals surface area contributed by atoms with Crippen LogP contribution in [0.25, 0.3) is 21.3 Å². The van der Waals surface area contributed by atoms with Crippen LogP contribution in [0.3, 0.4) is 0 Å². The molecule has 0 spiro atoms. The molecule has 34 heavy (non-hydrogen) atoms. The van der Waals surface area contributed by atoms with Gasteiger partial charge < -0.3 is 10.2 Å². The maximum Gasteiger partial charge on any atom is 0.255 e. The van der Waals surface area contributed by atoms with Crippen LogP contribution in [0.2, 0.25) is 0 Å². The zero-order valence-corrected chi connectivity index (χ0v) is 19.7. The summed E-state index contributed by atoms with van der Waals surface area (Å²) >= 11 is 1.60. The molecule has 0 bridgehead atoms. The smallest absolute Gasteiger partial charge is 0.255 e. The van der Waals surface area contributed by atoms with Crippen molar-refractivity contribution in [2.45, 2.75) is 19.4 Å². The molecule has 3 heterocycles. The monoisotopic (exact) mass is 467 g/mol. The Morgan fingerprint density at radius 2 is 1.94 bits per heavy atom. The van der Waals surface area contributed by atoms with Gasteiger partial charge in [-0.25, -0.2) is 0 Å². The average molecular weight is 468 g/mol. The Hall–Kier alpha value is -3.51. The van der Waals surface area contributed by atoms with E-state index in [0.717, 1.165) is 34.4 Å². The van der Waals surface area contributed by atoms with Gasteiger partial charge in [-0.15, -0.1) is 11.3 Å². The van der Waals surface area contributed by atoms with Gasteiger partial charge in [0.15, 0.2) is 0 Å². The van der Waals surface area contributed by atoms with Crippen LogP contribution in [0.4, 0.5) is 0 Å². The Kier molecular flexibility index (Phi) is 5.18. The van der Waals surface area contributed by atoms with E-state index in [1.54, 1.807) is 17.5 Å². The Morgan fingerprint density at radius 3 is 2.82 bits per heavy atom. The number of amides is 2. The number of rotatable bonds is 5. The van der Waals surface area contributed by atoms with Crippen molar-refractivity contribution in [3.63, 3.8) is 0 Å². The molecule has 6 heteroatoms. The molecule has 2 aliphatic rings. The second-order valence-electron chi connectivity index (χ2n) is 9.31. The summed E-state index contributed by atoms with van der Waals surface area (Å²) in [6, 6.07) is 19.7. The number of likely N-dealkylation sites (tertiary alicyclic amines) is 1. The van der Waals surface area contributed by atoms with Gasteiger partial charge in [-0.3, -0.25) is 14.6 Å². The van der Waals surface area contributed by atoms with E-state index in [4.69, 9.17) is 0 Å². The van der Waals surface area contributed by atoms with Crippen molar-refractivity contribution in [1.82, 2.24) is 15.2 Å². The third kappa shape index (κ3) is 3.68. The van der Waals surface area contributed by atoms with Crippen molar-refractivity contribution in [3.8, 4) is 10.4 Å². The molecule has 0 unspecified atom stereocenters. The Morgan fingerprint density at radius 1 is 1.09 bits per heavy atom. The van der Waals surface area contributed by atoms with E-state index in [9.17, 15) is 9.59 Å². The first kappa shape index (κ1) is 21.1. The molecule has 1 aliphatic heterocycles. The van der Waals surface area contributed by atoms with Gasteiger partial charge in [-0.2, -0.15) is 0 Å². The molecule has 1 N–H and O–H groups in total. The van der Waals surface area contributed by atoms with Crippen LogP contribution in [0.5, 0.6) is 0 Å². The Bertz CT molecular complexity index is 1410. The molecular formula is C28H25N3O2S. The van der Waals surface area contributed by atoms with Crippen LogP contribution in [-0.4, -0.2) is 40.8 Å². The third-order valence-corrected chi connectivity index (χ3v) is 8.05. The highest BCUT2D eigenvalue weighted by Gasteiger charge is 2.54. The summed E-state index contributed by atoms with van der Waals surface area (Å²) in [5, 5.41) is 6.04. The molecule has 2 aromatic heterocycles. The minimum atomic E-state index is -0.142. The average Bonchev–Trinajstić information content (AvgIpc) is 3.28. The molecule has 5 nitrogen and oxygen atoms in total. The number of nitrogens with zero attached hydrogens (tertiary/aromatic N) is 2. The fourth-order valence-electron chi connectivity index (χ4n) is 5.29. The van der Waals surface area contributed by atoms with Crippen LogP contribution in [0, 0.1) is 18.8 Å². The lowest BCUT2D eigenvalue weighted by atomic mass is 10.1. The minimum absolute atomic E-state index is 0.0228. The van der Waals surface area contributed by atoms with Crippen LogP contribution in [0.15, 0.2) is 72.2 Å². The van der Waals surface area contributed by atoms with Crippen molar-refractivity contribution in [2.24, 2.45) is 11.8 Å². The van der Waals surface area contributed by atoms with Crippen LogP contribution >= 0.6 is 11.3 Å². The molecule has 0 radical (unpaired) electrons. The number of fused-ring (bicyclic) bond motifs is 2. The summed E-state index contributed by atoms with van der Waals surface area (Å²) in [6.07, 6.45) is 2.84. The maximum absolute atomic E-state index is 13.7. The molecule has 1 saturated heterocycles. The van der Waals surface area contributed by atoms with Crippen LogP contribution in [-0.2, 0) is 0 Å². The minimum Gasteiger partial charge on any atom is -0.350 e. The normalized spacial score (nSPS) is 20.9. The predicted molar refractivity (Wildman–Crippen MR) is 135 cm³/mol. The maximum atomic E-state index is 13.7. The Balaban J connectivity index is 1.22. The summed E-state index contributed by atoms with van der Waals surface area (Å²) in [7, 11) is 0. The van der Waals surface area contributed by atoms with E-state index >= 15 is 0 Å². The molecule has 2 fully saturated rings. The lowest BCUT2D eigenvalue weighted by Crippen LogP contribution is -2.45. The van der Waals surface area contributed by atoms with E-state index in [0.29, 0.717) is 29.5 Å². The van der Waals surface area contributed by atoms with E-state index < -0.39 is 0 Å². The molecule has 3 atom stereocenters. The molecule has 170 valence electrons. The van der Waals surface area contributed by atoms with Crippen LogP contribution in [0.1, 0.15) is 32.7 Å². The highest BCUT2D eigenvalue weighted by molar-refractivity contribution is 7.14. The largest absolute Gasteiger partial charge is 0.350 e. The number of thiophene rings is 1. The fourth-order valence-corrected chi connectivity index (χ4v) is 6.17. The van der Waals surface area contributed by atoms with Gasteiger partial charge in [-0.1, -0.05) is 48.0 Å². The first-order valence-corrected chi connectivity index (χ1v) is 12.6. The van der Waals surface area contributed by atoms with E-state index in [1.165, 1.54) is 5.56 Å². The van der Waals surface area contributed by atoms with E-state index in [-0.39, 0.29) is 17.9 Å². The van der Waals surface area contributed by atoms with Crippen LogP contribution < -0.4 is 5.32 Å². The number of piperidine rings is 1. The molecule has 2 amide bonds. The lowest BCUT2D eigenvalue weighted by molar-refractivity contribution is 0.0696. The number of hydrogen-bond acceptors (Lipinski definition) is 4. The summed E-state index contributed by atoms with van der Waals surface area (Å²) < 4.78 is 0. The SMILES string of the molecule is Cc1cccc(-c2sccc2C(=O)N2C[C@@H]3C[C@@H]3[C@H]2CNC(=O)c2cccc3cccnc23)c1. The van der Waals surface area contributed by atoms with Crippen molar-refractivity contribution < 1.29 is 9.59 Å². The van der Waals surface area contributed by atoms with Crippen molar-refractivity contribution in [1.29, 1.82) is 0 Å². The van der Waals surface area contributed by atoms with Gasteiger partial charge in [-0.05, 0) is 54.3 Å². The molecule has 1 aliphatic carbocycles. The number of aromatic nitrogens is 1. The molecule has 6 rings (SSSR count). The standard InChI is InChI=1S/C28H25N3O2S/c1-17-5-2-7-19(13-17)26-22(10-12-34-26)28(33)31-16-20-14-23(20)24(31)15-30-27(32)21-9-3-6-18-8-4-11-29-25(18)21/h2-13,20,23-24H,14-16H2,1H3,(H,30,32)/t20-,23-,24+/m0/s1. The van der Waals surface area contributed by atoms with Gasteiger partial charge in [0.25, 0.3) is 11.8 Å². The van der Waals surface area contributed by atoms with Crippen molar-refractivity contribution in [2.75, 3.05) is 13.1 Å². The second-order valence-corrected chi connectivity index (χ2v) is 10.2. The van der Waals surface area contributed by atoms with Gasteiger partial charge in [0.2, 0.25) is 0 Å². The molecule has 1 saturated carbocycles. The predicted octanol–water partition coefficient (Wildman–Crippen LogP) is 5.16. The lowest BCUT2D eigenvalue weighted by Gasteiger charge is -2.28. The summed E-state index contributed by atoms with van der Waals surface area (Å²) in [4.78, 5) is 34.1. The van der Waals surface area contributed by atoms with E-state index in [1.807, 2.05) is 52.7 Å². The molecule has 4 aromatic rings. The van der Waals surface area contributed by atoms with Gasteiger partial charge in [0, 0.05) is 29.5 Å². The summed E-state index contributed by atoms with van der Waals surface area (Å²) in [5.74, 6) is 0.940. The number of para-hydroxylation sites is 1.